The zero-order chi connectivity index (χ0) is 12.5. The van der Waals surface area contributed by atoms with Crippen LogP contribution in [0.15, 0.2) is 36.5 Å². The summed E-state index contributed by atoms with van der Waals surface area (Å²) >= 11 is 0. The van der Waals surface area contributed by atoms with Gasteiger partial charge in [-0.25, -0.2) is 4.18 Å². The lowest BCUT2D eigenvalue weighted by Gasteiger charge is -2.11. The summed E-state index contributed by atoms with van der Waals surface area (Å²) in [4.78, 5) is 4.09. The maximum absolute atomic E-state index is 10.7. The van der Waals surface area contributed by atoms with Gasteiger partial charge in [-0.05, 0) is 18.4 Å². The molecule has 1 unspecified atom stereocenters. The van der Waals surface area contributed by atoms with Gasteiger partial charge >= 0.3 is 10.4 Å². The molecule has 0 fully saturated rings. The molecule has 0 saturated heterocycles. The molecule has 1 aromatic carbocycles. The number of hydrogen-bond acceptors (Lipinski definition) is 4. The van der Waals surface area contributed by atoms with E-state index in [-0.39, 0.29) is 0 Å². The monoisotopic (exact) mass is 253 g/mol. The topological polar surface area (TPSA) is 76.5 Å². The number of pyridine rings is 1. The Morgan fingerprint density at radius 2 is 2.00 bits per heavy atom. The highest BCUT2D eigenvalue weighted by Gasteiger charge is 2.17. The van der Waals surface area contributed by atoms with Crippen molar-refractivity contribution in [1.82, 2.24) is 4.98 Å². The van der Waals surface area contributed by atoms with Gasteiger partial charge in [0.1, 0.15) is 6.10 Å². The number of hydrogen-bond donors (Lipinski definition) is 1. The molecule has 0 aliphatic carbocycles. The molecule has 0 amide bonds. The number of fused-ring (bicyclic) bond motifs is 1. The molecule has 0 spiro atoms. The minimum atomic E-state index is -4.48. The fraction of sp³-hybridized carbons (Fsp3) is 0.182. The zero-order valence-corrected chi connectivity index (χ0v) is 9.89. The molecule has 0 aliphatic heterocycles. The lowest BCUT2D eigenvalue weighted by Crippen LogP contribution is -2.09. The molecule has 90 valence electrons. The number of aromatic nitrogens is 1. The first-order chi connectivity index (χ1) is 7.97. The normalized spacial score (nSPS) is 13.8. The Labute approximate surface area is 99.0 Å². The van der Waals surface area contributed by atoms with Gasteiger partial charge in [0, 0.05) is 11.6 Å². The van der Waals surface area contributed by atoms with Crippen molar-refractivity contribution in [2.75, 3.05) is 0 Å². The van der Waals surface area contributed by atoms with Crippen molar-refractivity contribution in [2.45, 2.75) is 13.0 Å². The molecule has 0 bridgehead atoms. The molecule has 6 heteroatoms. The van der Waals surface area contributed by atoms with Gasteiger partial charge in [-0.15, -0.1) is 0 Å². The maximum atomic E-state index is 10.7. The van der Waals surface area contributed by atoms with Crippen LogP contribution in [0.1, 0.15) is 18.7 Å². The summed E-state index contributed by atoms with van der Waals surface area (Å²) in [6.45, 7) is 1.52. The molecule has 2 rings (SSSR count). The van der Waals surface area contributed by atoms with Crippen molar-refractivity contribution < 1.29 is 17.2 Å². The van der Waals surface area contributed by atoms with Crippen LogP contribution in [0.5, 0.6) is 0 Å². The van der Waals surface area contributed by atoms with Crippen molar-refractivity contribution in [3.63, 3.8) is 0 Å². The summed E-state index contributed by atoms with van der Waals surface area (Å²) in [5.41, 5.74) is 0.473. The van der Waals surface area contributed by atoms with Crippen LogP contribution < -0.4 is 0 Å². The third kappa shape index (κ3) is 2.79. The van der Waals surface area contributed by atoms with Crippen LogP contribution in [0, 0.1) is 0 Å². The van der Waals surface area contributed by atoms with E-state index in [2.05, 4.69) is 9.17 Å². The fourth-order valence-electron chi connectivity index (χ4n) is 1.69. The molecule has 0 saturated carbocycles. The highest BCUT2D eigenvalue weighted by atomic mass is 32.3. The standard InChI is InChI=1S/C11H11NO4S/c1-8(16-17(13,14)15)11-10-5-3-2-4-9(10)6-7-12-11/h2-8H,1H3,(H,13,14,15). The molecular weight excluding hydrogens is 242 g/mol. The van der Waals surface area contributed by atoms with Crippen molar-refractivity contribution in [3.05, 3.63) is 42.2 Å². The van der Waals surface area contributed by atoms with E-state index in [0.717, 1.165) is 10.8 Å². The average molecular weight is 253 g/mol. The van der Waals surface area contributed by atoms with Gasteiger partial charge in [-0.3, -0.25) is 9.54 Å². The minimum absolute atomic E-state index is 0.473. The average Bonchev–Trinajstić information content (AvgIpc) is 2.26. The second-order valence-electron chi connectivity index (χ2n) is 3.58. The summed E-state index contributed by atoms with van der Waals surface area (Å²) < 4.78 is 34.5. The van der Waals surface area contributed by atoms with Crippen LogP contribution >= 0.6 is 0 Å². The SMILES string of the molecule is CC(OS(=O)(=O)O)c1nccc2ccccc12. The van der Waals surface area contributed by atoms with E-state index in [1.54, 1.807) is 6.20 Å². The summed E-state index contributed by atoms with van der Waals surface area (Å²) in [6.07, 6.45) is 0.734. The highest BCUT2D eigenvalue weighted by molar-refractivity contribution is 7.80. The summed E-state index contributed by atoms with van der Waals surface area (Å²) in [5.74, 6) is 0. The molecule has 1 N–H and O–H groups in total. The van der Waals surface area contributed by atoms with E-state index in [1.807, 2.05) is 30.3 Å². The quantitative estimate of drug-likeness (QED) is 0.848. The number of rotatable bonds is 3. The number of benzene rings is 1. The fourth-order valence-corrected chi connectivity index (χ4v) is 2.15. The molecule has 1 heterocycles. The molecule has 2 aromatic rings. The first kappa shape index (κ1) is 12.0. The first-order valence-electron chi connectivity index (χ1n) is 4.97. The molecule has 1 atom stereocenters. The summed E-state index contributed by atoms with van der Waals surface area (Å²) in [6, 6.07) is 9.23. The van der Waals surface area contributed by atoms with E-state index in [0.29, 0.717) is 5.69 Å². The van der Waals surface area contributed by atoms with Crippen molar-refractivity contribution >= 4 is 21.2 Å². The highest BCUT2D eigenvalue weighted by Crippen LogP contribution is 2.24. The molecule has 0 aliphatic rings. The predicted octanol–water partition coefficient (Wildman–Crippen LogP) is 2.12. The van der Waals surface area contributed by atoms with Crippen LogP contribution in [-0.2, 0) is 14.6 Å². The smallest absolute Gasteiger partial charge is 0.264 e. The Balaban J connectivity index is 2.48. The van der Waals surface area contributed by atoms with Crippen LogP contribution in [0.2, 0.25) is 0 Å². The van der Waals surface area contributed by atoms with E-state index in [9.17, 15) is 8.42 Å². The second kappa shape index (κ2) is 4.40. The largest absolute Gasteiger partial charge is 0.397 e. The van der Waals surface area contributed by atoms with Crippen LogP contribution in [0.25, 0.3) is 10.8 Å². The molecule has 5 nitrogen and oxygen atoms in total. The van der Waals surface area contributed by atoms with Crippen LogP contribution in [0.4, 0.5) is 0 Å². The minimum Gasteiger partial charge on any atom is -0.264 e. The molecular formula is C11H11NO4S. The maximum Gasteiger partial charge on any atom is 0.397 e. The lowest BCUT2D eigenvalue weighted by atomic mass is 10.1. The summed E-state index contributed by atoms with van der Waals surface area (Å²) in [7, 11) is -4.48. The Morgan fingerprint density at radius 3 is 2.71 bits per heavy atom. The zero-order valence-electron chi connectivity index (χ0n) is 9.07. The summed E-state index contributed by atoms with van der Waals surface area (Å²) in [5, 5.41) is 1.73. The Bertz CT molecular complexity index is 633. The van der Waals surface area contributed by atoms with Gasteiger partial charge < -0.3 is 0 Å². The Kier molecular flexibility index (Phi) is 3.10. The van der Waals surface area contributed by atoms with Gasteiger partial charge in [-0.2, -0.15) is 8.42 Å². The predicted molar refractivity (Wildman–Crippen MR) is 62.8 cm³/mol. The van der Waals surface area contributed by atoms with Crippen LogP contribution in [-0.4, -0.2) is 18.0 Å². The van der Waals surface area contributed by atoms with Gasteiger partial charge in [-0.1, -0.05) is 24.3 Å². The molecule has 1 aromatic heterocycles. The van der Waals surface area contributed by atoms with Gasteiger partial charge in [0.2, 0.25) is 0 Å². The van der Waals surface area contributed by atoms with E-state index in [4.69, 9.17) is 4.55 Å². The van der Waals surface area contributed by atoms with E-state index < -0.39 is 16.5 Å². The van der Waals surface area contributed by atoms with Crippen molar-refractivity contribution in [1.29, 1.82) is 0 Å². The van der Waals surface area contributed by atoms with Crippen LogP contribution in [0.3, 0.4) is 0 Å². The first-order valence-corrected chi connectivity index (χ1v) is 6.33. The van der Waals surface area contributed by atoms with Crippen molar-refractivity contribution in [2.24, 2.45) is 0 Å². The van der Waals surface area contributed by atoms with Gasteiger partial charge in [0.05, 0.1) is 5.69 Å². The number of nitrogens with zero attached hydrogens (tertiary/aromatic N) is 1. The van der Waals surface area contributed by atoms with Crippen molar-refractivity contribution in [3.8, 4) is 0 Å². The van der Waals surface area contributed by atoms with Gasteiger partial charge in [0.15, 0.2) is 0 Å². The van der Waals surface area contributed by atoms with Gasteiger partial charge in [0.25, 0.3) is 0 Å². The Hall–Kier alpha value is -1.50. The van der Waals surface area contributed by atoms with E-state index >= 15 is 0 Å². The van der Waals surface area contributed by atoms with E-state index in [1.165, 1.54) is 6.92 Å². The lowest BCUT2D eigenvalue weighted by molar-refractivity contribution is 0.198. The third-order valence-corrected chi connectivity index (χ3v) is 2.89. The third-order valence-electron chi connectivity index (χ3n) is 2.36. The molecule has 17 heavy (non-hydrogen) atoms. The molecule has 0 radical (unpaired) electrons. The Morgan fingerprint density at radius 1 is 1.29 bits per heavy atom. The second-order valence-corrected chi connectivity index (χ2v) is 4.63.